The normalized spacial score (nSPS) is 11.0. The third-order valence-electron chi connectivity index (χ3n) is 4.45. The molecule has 0 heterocycles. The molecule has 0 radical (unpaired) electrons. The van der Waals surface area contributed by atoms with Crippen LogP contribution in [0, 0.1) is 10.2 Å². The molecule has 0 bridgehead atoms. The molecule has 0 aliphatic carbocycles. The van der Waals surface area contributed by atoms with Crippen molar-refractivity contribution in [1.29, 1.82) is 0 Å². The third-order valence-corrected chi connectivity index (χ3v) is 4.45. The van der Waals surface area contributed by atoms with Crippen LogP contribution in [0.5, 0.6) is 0 Å². The lowest BCUT2D eigenvalue weighted by molar-refractivity contribution is -2.00. The third kappa shape index (κ3) is 18.8. The number of rotatable bonds is 12. The average Bonchev–Trinajstić information content (AvgIpc) is 2.62. The zero-order chi connectivity index (χ0) is 23.0. The van der Waals surface area contributed by atoms with Crippen LogP contribution in [-0.2, 0) is 6.42 Å². The maximum atomic E-state index is 8.49. The van der Waals surface area contributed by atoms with Crippen LogP contribution < -0.4 is 18.6 Å². The van der Waals surface area contributed by atoms with E-state index in [4.69, 9.17) is 18.6 Å². The number of unbranched alkanes of at least 4 members (excludes halogenated alkanes) is 7. The maximum absolute atomic E-state index is 8.49. The van der Waals surface area contributed by atoms with Gasteiger partial charge in [0.05, 0.1) is 5.57 Å². The van der Waals surface area contributed by atoms with Gasteiger partial charge in [0.25, 0.3) is 0 Å². The van der Waals surface area contributed by atoms with Gasteiger partial charge in [-0.2, -0.15) is 4.58 Å². The van der Waals surface area contributed by atoms with Gasteiger partial charge < -0.3 is 4.90 Å². The molecule has 0 N–H and O–H groups in total. The van der Waals surface area contributed by atoms with E-state index in [0.717, 1.165) is 6.54 Å². The summed E-state index contributed by atoms with van der Waals surface area (Å²) in [6.45, 7) is 3.19. The van der Waals surface area contributed by atoms with Gasteiger partial charge in [0.1, 0.15) is 14.1 Å². The minimum atomic E-state index is -4.94. The number of halogens is 1. The fraction of sp³-hybridized carbons (Fsp3) is 0.652. The van der Waals surface area contributed by atoms with Crippen molar-refractivity contribution in [2.24, 2.45) is 0 Å². The monoisotopic (exact) mass is 442 g/mol. The SMILES string of the molecule is CCCCCCCCCCc1ccc(C(=C=[N+](C)C)CN(C)C)cc1.[O-][Cl+3]([O-])([O-])[O-]. The first-order chi connectivity index (χ1) is 14.0. The molecule has 0 saturated heterocycles. The lowest BCUT2D eigenvalue weighted by Crippen LogP contribution is -2.68. The van der Waals surface area contributed by atoms with Gasteiger partial charge in [-0.3, -0.25) is 0 Å². The van der Waals surface area contributed by atoms with Crippen LogP contribution in [0.2, 0.25) is 0 Å². The van der Waals surface area contributed by atoms with Crippen LogP contribution >= 0.6 is 0 Å². The number of aryl methyl sites for hydroxylation is 1. The molecule has 7 heteroatoms. The van der Waals surface area contributed by atoms with Gasteiger partial charge in [0, 0.05) is 6.54 Å². The highest BCUT2D eigenvalue weighted by molar-refractivity contribution is 5.88. The van der Waals surface area contributed by atoms with Gasteiger partial charge in [-0.15, -0.1) is 10.2 Å². The van der Waals surface area contributed by atoms with Crippen LogP contribution in [0.25, 0.3) is 5.57 Å². The topological polar surface area (TPSA) is 98.5 Å². The highest BCUT2D eigenvalue weighted by Crippen LogP contribution is 2.16. The number of nitrogens with zero attached hydrogens (tertiary/aromatic N) is 2. The van der Waals surface area contributed by atoms with Crippen LogP contribution in [0.1, 0.15) is 69.4 Å². The lowest BCUT2D eigenvalue weighted by Gasteiger charge is -2.17. The second-order valence-corrected chi connectivity index (χ2v) is 8.78. The Labute approximate surface area is 184 Å². The molecular weight excluding hydrogens is 404 g/mol. The number of hydrogen-bond donors (Lipinski definition) is 0. The summed E-state index contributed by atoms with van der Waals surface area (Å²) < 4.78 is 36.0. The van der Waals surface area contributed by atoms with Crippen LogP contribution in [0.15, 0.2) is 24.3 Å². The van der Waals surface area contributed by atoms with Crippen molar-refractivity contribution in [1.82, 2.24) is 4.90 Å². The lowest BCUT2D eigenvalue weighted by atomic mass is 10.0. The van der Waals surface area contributed by atoms with Gasteiger partial charge in [-0.05, 0) is 38.1 Å². The van der Waals surface area contributed by atoms with E-state index < -0.39 is 10.2 Å². The largest absolute Gasteiger partial charge is 0.304 e. The smallest absolute Gasteiger partial charge is 0.172 e. The summed E-state index contributed by atoms with van der Waals surface area (Å²) in [6, 6.07) is 9.11. The van der Waals surface area contributed by atoms with Gasteiger partial charge >= 0.3 is 0 Å². The molecule has 0 aliphatic heterocycles. The van der Waals surface area contributed by atoms with Crippen LogP contribution in [-0.4, -0.2) is 50.1 Å². The van der Waals surface area contributed by atoms with E-state index in [1.165, 1.54) is 74.5 Å². The molecule has 0 aromatic heterocycles. The van der Waals surface area contributed by atoms with Crippen LogP contribution in [0.3, 0.4) is 0 Å². The Kier molecular flexibility index (Phi) is 15.8. The first kappa shape index (κ1) is 28.8. The maximum Gasteiger partial charge on any atom is 0.172 e. The molecule has 0 unspecified atom stereocenters. The highest BCUT2D eigenvalue weighted by Gasteiger charge is 2.06. The minimum absolute atomic E-state index is 0.912. The van der Waals surface area contributed by atoms with E-state index in [0.29, 0.717) is 0 Å². The van der Waals surface area contributed by atoms with Gasteiger partial charge in [-0.25, -0.2) is 18.6 Å². The van der Waals surface area contributed by atoms with Crippen molar-refractivity contribution in [3.8, 4) is 0 Å². The number of hydrogen-bond acceptors (Lipinski definition) is 5. The zero-order valence-corrected chi connectivity index (χ0v) is 20.0. The quantitative estimate of drug-likeness (QED) is 0.266. The standard InChI is InChI=1S/C23H39N2.ClHO4/c1-6-7-8-9-10-11-12-13-14-21-15-17-22(18-16-21)23(19-24(2)3)20-25(4)5;2-1(3,4)5/h15-18H,6-14,19H2,1-5H3;(H,2,3,4,5)/q+1;/p-1. The number of benzene rings is 1. The molecule has 30 heavy (non-hydrogen) atoms. The molecular formula is C23H39ClN2O4. The summed E-state index contributed by atoms with van der Waals surface area (Å²) in [5.41, 5.74) is 3.99. The molecule has 0 aliphatic rings. The molecule has 0 spiro atoms. The van der Waals surface area contributed by atoms with E-state index >= 15 is 0 Å². The molecule has 0 atom stereocenters. The molecule has 1 rings (SSSR count). The van der Waals surface area contributed by atoms with Crippen molar-refractivity contribution in [2.45, 2.75) is 64.7 Å². The summed E-state index contributed by atoms with van der Waals surface area (Å²) >= 11 is 0. The van der Waals surface area contributed by atoms with Gasteiger partial charge in [0.15, 0.2) is 5.87 Å². The summed E-state index contributed by atoms with van der Waals surface area (Å²) in [5.74, 6) is 3.44. The fourth-order valence-electron chi connectivity index (χ4n) is 3.11. The van der Waals surface area contributed by atoms with E-state index in [-0.39, 0.29) is 0 Å². The van der Waals surface area contributed by atoms with Crippen LogP contribution in [0.4, 0.5) is 0 Å². The molecule has 1 aromatic rings. The highest BCUT2D eigenvalue weighted by atomic mass is 35.7. The molecule has 0 fully saturated rings. The van der Waals surface area contributed by atoms with E-state index in [9.17, 15) is 0 Å². The average molecular weight is 443 g/mol. The summed E-state index contributed by atoms with van der Waals surface area (Å²) in [4.78, 5) is 2.19. The molecule has 0 amide bonds. The Balaban J connectivity index is 0.00000150. The predicted molar refractivity (Wildman–Crippen MR) is 112 cm³/mol. The molecule has 172 valence electrons. The van der Waals surface area contributed by atoms with Crippen molar-refractivity contribution < 1.29 is 33.5 Å². The van der Waals surface area contributed by atoms with Gasteiger partial charge in [0.2, 0.25) is 0 Å². The molecule has 6 nitrogen and oxygen atoms in total. The molecule has 1 aromatic carbocycles. The Morgan fingerprint density at radius 3 is 1.77 bits per heavy atom. The van der Waals surface area contributed by atoms with E-state index in [1.54, 1.807) is 0 Å². The Morgan fingerprint density at radius 2 is 1.33 bits per heavy atom. The first-order valence-electron chi connectivity index (χ1n) is 10.7. The summed E-state index contributed by atoms with van der Waals surface area (Å²) in [7, 11) is 3.33. The summed E-state index contributed by atoms with van der Waals surface area (Å²) in [5, 5.41) is 0. The van der Waals surface area contributed by atoms with Crippen molar-refractivity contribution >= 4 is 11.4 Å². The Morgan fingerprint density at radius 1 is 0.867 bits per heavy atom. The zero-order valence-electron chi connectivity index (χ0n) is 19.3. The second kappa shape index (κ2) is 16.5. The van der Waals surface area contributed by atoms with E-state index in [1.807, 2.05) is 18.7 Å². The van der Waals surface area contributed by atoms with E-state index in [2.05, 4.69) is 56.1 Å². The fourth-order valence-corrected chi connectivity index (χ4v) is 3.11. The van der Waals surface area contributed by atoms with Crippen molar-refractivity contribution in [3.05, 3.63) is 35.4 Å². The predicted octanol–water partition coefficient (Wildman–Crippen LogP) is 0.501. The van der Waals surface area contributed by atoms with Crippen molar-refractivity contribution in [2.75, 3.05) is 34.7 Å². The Bertz CT molecular complexity index is 624. The molecule has 0 saturated carbocycles. The minimum Gasteiger partial charge on any atom is -0.304 e. The van der Waals surface area contributed by atoms with Crippen molar-refractivity contribution in [3.63, 3.8) is 0 Å². The Hall–Kier alpha value is -1.24. The summed E-state index contributed by atoms with van der Waals surface area (Å²) in [6.07, 6.45) is 12.3. The van der Waals surface area contributed by atoms with Gasteiger partial charge in [-0.1, -0.05) is 76.1 Å². The second-order valence-electron chi connectivity index (χ2n) is 8.02. The number of likely N-dealkylation sites (N-methyl/N-ethyl adjacent to an activating group) is 1. The first-order valence-corrected chi connectivity index (χ1v) is 11.9.